The molecule has 29 heavy (non-hydrogen) atoms. The molecule has 0 aliphatic rings. The second kappa shape index (κ2) is 11.0. The van der Waals surface area contributed by atoms with Crippen LogP contribution in [0.2, 0.25) is 0 Å². The van der Waals surface area contributed by atoms with Crippen molar-refractivity contribution in [3.8, 4) is 11.6 Å². The number of nitrogens with zero attached hydrogens (tertiary/aromatic N) is 1. The lowest BCUT2D eigenvalue weighted by molar-refractivity contribution is 0.293. The van der Waals surface area contributed by atoms with E-state index >= 15 is 0 Å². The molecule has 3 rings (SSSR count). The van der Waals surface area contributed by atoms with Gasteiger partial charge in [-0.25, -0.2) is 9.37 Å². The van der Waals surface area contributed by atoms with Gasteiger partial charge in [0.25, 0.3) is 0 Å². The Kier molecular flexibility index (Phi) is 8.09. The molecule has 3 aromatic rings. The van der Waals surface area contributed by atoms with E-state index in [0.29, 0.717) is 30.2 Å². The van der Waals surface area contributed by atoms with Gasteiger partial charge in [0.05, 0.1) is 18.7 Å². The van der Waals surface area contributed by atoms with Gasteiger partial charge in [-0.15, -0.1) is 0 Å². The van der Waals surface area contributed by atoms with Gasteiger partial charge in [-0.1, -0.05) is 52.4 Å². The minimum absolute atomic E-state index is 0.298. The minimum atomic E-state index is -0.298. The lowest BCUT2D eigenvalue weighted by Gasteiger charge is -2.11. The van der Waals surface area contributed by atoms with Gasteiger partial charge >= 0.3 is 0 Å². The first kappa shape index (κ1) is 21.4. The number of halogens is 1. The average molecular weight is 398 g/mol. The second-order valence-electron chi connectivity index (χ2n) is 7.57. The first-order chi connectivity index (χ1) is 14.2. The molecule has 0 spiro atoms. The Morgan fingerprint density at radius 2 is 1.34 bits per heavy atom. The van der Waals surface area contributed by atoms with Crippen molar-refractivity contribution in [3.63, 3.8) is 0 Å². The van der Waals surface area contributed by atoms with Crippen molar-refractivity contribution in [3.05, 3.63) is 42.2 Å². The van der Waals surface area contributed by atoms with Gasteiger partial charge in [0.1, 0.15) is 0 Å². The molecule has 0 amide bonds. The summed E-state index contributed by atoms with van der Waals surface area (Å²) in [5.74, 6) is 0.654. The summed E-state index contributed by atoms with van der Waals surface area (Å²) >= 11 is 0. The van der Waals surface area contributed by atoms with Crippen LogP contribution < -0.4 is 9.47 Å². The van der Waals surface area contributed by atoms with Crippen LogP contribution in [0.4, 0.5) is 4.39 Å². The largest absolute Gasteiger partial charge is 0.490 e. The molecule has 156 valence electrons. The van der Waals surface area contributed by atoms with E-state index in [4.69, 9.17) is 9.47 Å². The SMILES string of the molecule is CCCCCCCOc1ccc2c(ccc3c(F)c(OCCCCC)ccc32)n1. The summed E-state index contributed by atoms with van der Waals surface area (Å²) in [6.07, 6.45) is 9.17. The maximum Gasteiger partial charge on any atom is 0.213 e. The highest BCUT2D eigenvalue weighted by Crippen LogP contribution is 2.32. The molecule has 2 aromatic carbocycles. The molecule has 0 N–H and O–H groups in total. The monoisotopic (exact) mass is 397 g/mol. The number of ether oxygens (including phenoxy) is 2. The van der Waals surface area contributed by atoms with Crippen LogP contribution >= 0.6 is 0 Å². The zero-order chi connectivity index (χ0) is 20.5. The fraction of sp³-hybridized carbons (Fsp3) is 0.480. The predicted octanol–water partition coefficient (Wildman–Crippen LogP) is 7.45. The van der Waals surface area contributed by atoms with Gasteiger partial charge in [-0.3, -0.25) is 0 Å². The summed E-state index contributed by atoms with van der Waals surface area (Å²) in [6.45, 7) is 5.58. The third kappa shape index (κ3) is 5.59. The average Bonchev–Trinajstić information content (AvgIpc) is 2.74. The molecule has 0 unspecified atom stereocenters. The van der Waals surface area contributed by atoms with E-state index < -0.39 is 0 Å². The van der Waals surface area contributed by atoms with Gasteiger partial charge in [0.15, 0.2) is 11.6 Å². The number of hydrogen-bond acceptors (Lipinski definition) is 3. The quantitative estimate of drug-likeness (QED) is 0.235. The lowest BCUT2D eigenvalue weighted by Crippen LogP contribution is -2.00. The Balaban J connectivity index is 1.71. The summed E-state index contributed by atoms with van der Waals surface area (Å²) in [5, 5.41) is 2.34. The van der Waals surface area contributed by atoms with Crippen molar-refractivity contribution >= 4 is 21.7 Å². The van der Waals surface area contributed by atoms with Crippen LogP contribution in [0.3, 0.4) is 0 Å². The molecule has 0 radical (unpaired) electrons. The van der Waals surface area contributed by atoms with E-state index in [2.05, 4.69) is 18.8 Å². The first-order valence-electron chi connectivity index (χ1n) is 11.0. The summed E-state index contributed by atoms with van der Waals surface area (Å²) in [5.41, 5.74) is 0.817. The highest BCUT2D eigenvalue weighted by Gasteiger charge is 2.12. The van der Waals surface area contributed by atoms with E-state index in [0.717, 1.165) is 42.0 Å². The van der Waals surface area contributed by atoms with Crippen molar-refractivity contribution < 1.29 is 13.9 Å². The Hall–Kier alpha value is -2.36. The first-order valence-corrected chi connectivity index (χ1v) is 11.0. The zero-order valence-electron chi connectivity index (χ0n) is 17.7. The van der Waals surface area contributed by atoms with Crippen LogP contribution in [-0.4, -0.2) is 18.2 Å². The molecule has 0 atom stereocenters. The number of benzene rings is 2. The number of hydrogen-bond donors (Lipinski definition) is 0. The normalized spacial score (nSPS) is 11.3. The van der Waals surface area contributed by atoms with E-state index in [1.165, 1.54) is 25.7 Å². The van der Waals surface area contributed by atoms with Crippen LogP contribution in [0.1, 0.15) is 65.2 Å². The van der Waals surface area contributed by atoms with Crippen LogP contribution in [0.25, 0.3) is 21.7 Å². The minimum Gasteiger partial charge on any atom is -0.490 e. The molecule has 0 aliphatic carbocycles. The maximum absolute atomic E-state index is 14.9. The van der Waals surface area contributed by atoms with Crippen molar-refractivity contribution in [2.24, 2.45) is 0 Å². The van der Waals surface area contributed by atoms with Crippen LogP contribution in [0.15, 0.2) is 36.4 Å². The van der Waals surface area contributed by atoms with E-state index in [1.807, 2.05) is 24.3 Å². The van der Waals surface area contributed by atoms with Crippen molar-refractivity contribution in [1.29, 1.82) is 0 Å². The molecular weight excluding hydrogens is 365 g/mol. The molecule has 1 aromatic heterocycles. The van der Waals surface area contributed by atoms with Crippen LogP contribution in [-0.2, 0) is 0 Å². The fourth-order valence-corrected chi connectivity index (χ4v) is 3.55. The van der Waals surface area contributed by atoms with E-state index in [1.54, 1.807) is 12.1 Å². The van der Waals surface area contributed by atoms with Crippen molar-refractivity contribution in [2.45, 2.75) is 65.2 Å². The van der Waals surface area contributed by atoms with Crippen LogP contribution in [0, 0.1) is 5.82 Å². The highest BCUT2D eigenvalue weighted by molar-refractivity contribution is 6.06. The molecule has 0 bridgehead atoms. The number of aromatic nitrogens is 1. The zero-order valence-corrected chi connectivity index (χ0v) is 17.7. The van der Waals surface area contributed by atoms with Gasteiger partial charge in [0, 0.05) is 16.8 Å². The van der Waals surface area contributed by atoms with Crippen molar-refractivity contribution in [1.82, 2.24) is 4.98 Å². The lowest BCUT2D eigenvalue weighted by atomic mass is 10.0. The van der Waals surface area contributed by atoms with Gasteiger partial charge in [0.2, 0.25) is 5.88 Å². The molecule has 4 heteroatoms. The summed E-state index contributed by atoms with van der Waals surface area (Å²) in [7, 11) is 0. The number of fused-ring (bicyclic) bond motifs is 3. The third-order valence-corrected chi connectivity index (χ3v) is 5.24. The molecule has 0 saturated heterocycles. The smallest absolute Gasteiger partial charge is 0.213 e. The predicted molar refractivity (Wildman–Crippen MR) is 118 cm³/mol. The molecule has 1 heterocycles. The molecular formula is C25H32FNO2. The molecule has 0 fully saturated rings. The topological polar surface area (TPSA) is 31.4 Å². The summed E-state index contributed by atoms with van der Waals surface area (Å²) < 4.78 is 26.4. The highest BCUT2D eigenvalue weighted by atomic mass is 19.1. The number of rotatable bonds is 12. The molecule has 0 aliphatic heterocycles. The third-order valence-electron chi connectivity index (χ3n) is 5.24. The second-order valence-corrected chi connectivity index (χ2v) is 7.57. The summed E-state index contributed by atoms with van der Waals surface area (Å²) in [6, 6.07) is 11.1. The van der Waals surface area contributed by atoms with E-state index in [9.17, 15) is 4.39 Å². The van der Waals surface area contributed by atoms with Crippen LogP contribution in [0.5, 0.6) is 11.6 Å². The Morgan fingerprint density at radius 1 is 0.690 bits per heavy atom. The van der Waals surface area contributed by atoms with Gasteiger partial charge in [-0.05, 0) is 48.6 Å². The Labute approximate surface area is 173 Å². The standard InChI is InChI=1S/C25H32FNO2/c1-3-5-7-8-10-18-29-24-16-13-20-19-12-15-23(28-17-9-6-4-2)25(26)21(19)11-14-22(20)27-24/h11-16H,3-10,17-18H2,1-2H3. The van der Waals surface area contributed by atoms with Gasteiger partial charge in [-0.2, -0.15) is 0 Å². The van der Waals surface area contributed by atoms with Crippen molar-refractivity contribution in [2.75, 3.05) is 13.2 Å². The fourth-order valence-electron chi connectivity index (χ4n) is 3.55. The summed E-state index contributed by atoms with van der Waals surface area (Å²) in [4.78, 5) is 4.61. The maximum atomic E-state index is 14.9. The Bertz CT molecular complexity index is 925. The van der Waals surface area contributed by atoms with Gasteiger partial charge < -0.3 is 9.47 Å². The van der Waals surface area contributed by atoms with E-state index in [-0.39, 0.29) is 5.82 Å². The Morgan fingerprint density at radius 3 is 2.17 bits per heavy atom. The molecule has 3 nitrogen and oxygen atoms in total. The number of unbranched alkanes of at least 4 members (excludes halogenated alkanes) is 6. The number of pyridine rings is 1. The molecule has 0 saturated carbocycles.